The number of ether oxygens (including phenoxy) is 2. The summed E-state index contributed by atoms with van der Waals surface area (Å²) in [7, 11) is 1.41. The number of aromatic nitrogens is 3. The fraction of sp³-hybridized carbons (Fsp3) is 0.348. The van der Waals surface area contributed by atoms with Gasteiger partial charge in [-0.15, -0.1) is 5.10 Å². The van der Waals surface area contributed by atoms with Gasteiger partial charge in [-0.1, -0.05) is 22.8 Å². The summed E-state index contributed by atoms with van der Waals surface area (Å²) in [4.78, 5) is 28.5. The number of hydrogen-bond acceptors (Lipinski definition) is 9. The topological polar surface area (TPSA) is 128 Å². The minimum absolute atomic E-state index is 0.0173. The van der Waals surface area contributed by atoms with E-state index in [0.29, 0.717) is 22.3 Å². The molecule has 11 heteroatoms. The molecule has 178 valence electrons. The standard InChI is InChI=1S/C23H24ClN5O5/c1-13-10-17(12-25-20(13)33-18-8-6-14(7-9-18)22(31)32-2)26-19(30)21-28-29-23(34-21)27-16-5-3-4-15(24)11-16/h3-5,10-12,14,18H,6-9H2,1-2H3,(H,26,30)(H,27,29)/t14-,18+. The summed E-state index contributed by atoms with van der Waals surface area (Å²) in [6, 6.07) is 8.79. The van der Waals surface area contributed by atoms with Crippen LogP contribution in [0, 0.1) is 12.8 Å². The Morgan fingerprint density at radius 3 is 2.62 bits per heavy atom. The number of carbonyl (C=O) groups is 2. The highest BCUT2D eigenvalue weighted by atomic mass is 35.5. The third kappa shape index (κ3) is 5.82. The van der Waals surface area contributed by atoms with Crippen LogP contribution in [0.1, 0.15) is 41.9 Å². The molecule has 1 fully saturated rings. The van der Waals surface area contributed by atoms with Gasteiger partial charge in [0.1, 0.15) is 6.10 Å². The quantitative estimate of drug-likeness (QED) is 0.463. The number of esters is 1. The van der Waals surface area contributed by atoms with E-state index >= 15 is 0 Å². The van der Waals surface area contributed by atoms with E-state index < -0.39 is 5.91 Å². The molecule has 2 N–H and O–H groups in total. The van der Waals surface area contributed by atoms with Crippen LogP contribution < -0.4 is 15.4 Å². The van der Waals surface area contributed by atoms with Gasteiger partial charge in [-0.3, -0.25) is 9.59 Å². The summed E-state index contributed by atoms with van der Waals surface area (Å²) in [5.74, 6) is -0.512. The summed E-state index contributed by atoms with van der Waals surface area (Å²) in [6.07, 6.45) is 4.44. The summed E-state index contributed by atoms with van der Waals surface area (Å²) in [6.45, 7) is 1.85. The van der Waals surface area contributed by atoms with Crippen molar-refractivity contribution in [3.63, 3.8) is 0 Å². The van der Waals surface area contributed by atoms with Crippen LogP contribution in [0.15, 0.2) is 40.9 Å². The number of amides is 1. The second kappa shape index (κ2) is 10.5. The molecule has 4 rings (SSSR count). The normalized spacial score (nSPS) is 17.6. The molecule has 1 aromatic carbocycles. The molecule has 0 spiro atoms. The first-order chi connectivity index (χ1) is 16.4. The Morgan fingerprint density at radius 1 is 1.12 bits per heavy atom. The third-order valence-corrected chi connectivity index (χ3v) is 5.71. The molecule has 0 radical (unpaired) electrons. The first kappa shape index (κ1) is 23.5. The van der Waals surface area contributed by atoms with Gasteiger partial charge >= 0.3 is 23.8 Å². The monoisotopic (exact) mass is 485 g/mol. The second-order valence-electron chi connectivity index (χ2n) is 7.96. The summed E-state index contributed by atoms with van der Waals surface area (Å²) >= 11 is 5.96. The molecule has 10 nitrogen and oxygen atoms in total. The van der Waals surface area contributed by atoms with E-state index in [4.69, 9.17) is 25.5 Å². The first-order valence-electron chi connectivity index (χ1n) is 10.8. The lowest BCUT2D eigenvalue weighted by Crippen LogP contribution is -2.29. The van der Waals surface area contributed by atoms with E-state index in [1.54, 1.807) is 30.3 Å². The summed E-state index contributed by atoms with van der Waals surface area (Å²) < 4.78 is 16.2. The van der Waals surface area contributed by atoms with Gasteiger partial charge < -0.3 is 24.5 Å². The molecule has 1 aliphatic rings. The molecule has 0 bridgehead atoms. The Hall–Kier alpha value is -3.66. The Balaban J connectivity index is 1.32. The van der Waals surface area contributed by atoms with Crippen molar-refractivity contribution in [2.24, 2.45) is 5.92 Å². The average molecular weight is 486 g/mol. The highest BCUT2D eigenvalue weighted by Gasteiger charge is 2.28. The molecule has 34 heavy (non-hydrogen) atoms. The van der Waals surface area contributed by atoms with Crippen LogP contribution in [0.2, 0.25) is 5.02 Å². The molecular formula is C23H24ClN5O5. The number of halogens is 1. The van der Waals surface area contributed by atoms with Gasteiger partial charge in [0.2, 0.25) is 5.88 Å². The summed E-state index contributed by atoms with van der Waals surface area (Å²) in [5, 5.41) is 13.7. The number of pyridine rings is 1. The number of anilines is 3. The van der Waals surface area contributed by atoms with Gasteiger partial charge in [-0.2, -0.15) is 0 Å². The molecular weight excluding hydrogens is 462 g/mol. The zero-order valence-corrected chi connectivity index (χ0v) is 19.5. The molecule has 0 atom stereocenters. The van der Waals surface area contributed by atoms with Crippen molar-refractivity contribution in [2.45, 2.75) is 38.7 Å². The minimum atomic E-state index is -0.567. The number of hydrogen-bond donors (Lipinski definition) is 2. The molecule has 3 aromatic rings. The van der Waals surface area contributed by atoms with E-state index in [9.17, 15) is 9.59 Å². The van der Waals surface area contributed by atoms with Crippen LogP contribution >= 0.6 is 11.6 Å². The van der Waals surface area contributed by atoms with Crippen molar-refractivity contribution in [1.82, 2.24) is 15.2 Å². The van der Waals surface area contributed by atoms with E-state index in [2.05, 4.69) is 25.8 Å². The molecule has 1 aliphatic carbocycles. The molecule has 0 unspecified atom stereocenters. The molecule has 0 aliphatic heterocycles. The third-order valence-electron chi connectivity index (χ3n) is 5.47. The lowest BCUT2D eigenvalue weighted by atomic mass is 9.87. The number of methoxy groups -OCH3 is 1. The maximum absolute atomic E-state index is 12.5. The Bertz CT molecular complexity index is 1180. The molecule has 1 saturated carbocycles. The first-order valence-corrected chi connectivity index (χ1v) is 11.2. The van der Waals surface area contributed by atoms with Gasteiger partial charge in [0.05, 0.1) is 24.9 Å². The SMILES string of the molecule is COC(=O)[C@H]1CC[C@@H](Oc2ncc(NC(=O)c3nnc(Nc4cccc(Cl)c4)o3)cc2C)CC1. The lowest BCUT2D eigenvalue weighted by Gasteiger charge is -2.27. The molecule has 0 saturated heterocycles. The van der Waals surface area contributed by atoms with Crippen molar-refractivity contribution in [3.05, 3.63) is 53.0 Å². The van der Waals surface area contributed by atoms with Crippen LogP contribution in [-0.4, -0.2) is 40.3 Å². The van der Waals surface area contributed by atoms with Gasteiger partial charge in [0.15, 0.2) is 0 Å². The molecule has 2 heterocycles. The number of aryl methyl sites for hydroxylation is 1. The minimum Gasteiger partial charge on any atom is -0.474 e. The predicted octanol–water partition coefficient (Wildman–Crippen LogP) is 4.53. The van der Waals surface area contributed by atoms with Crippen LogP contribution in [-0.2, 0) is 9.53 Å². The van der Waals surface area contributed by atoms with Gasteiger partial charge in [0.25, 0.3) is 0 Å². The Kier molecular flexibility index (Phi) is 7.27. The van der Waals surface area contributed by atoms with Crippen LogP contribution in [0.4, 0.5) is 17.4 Å². The Morgan fingerprint density at radius 2 is 1.91 bits per heavy atom. The van der Waals surface area contributed by atoms with Crippen molar-refractivity contribution < 1.29 is 23.5 Å². The molecule has 1 amide bonds. The fourth-order valence-electron chi connectivity index (χ4n) is 3.73. The average Bonchev–Trinajstić information content (AvgIpc) is 3.29. The number of rotatable bonds is 7. The van der Waals surface area contributed by atoms with Crippen LogP contribution in [0.3, 0.4) is 0 Å². The number of carbonyl (C=O) groups excluding carboxylic acids is 2. The fourth-order valence-corrected chi connectivity index (χ4v) is 3.92. The van der Waals surface area contributed by atoms with Gasteiger partial charge in [-0.05, 0) is 56.9 Å². The van der Waals surface area contributed by atoms with E-state index in [1.807, 2.05) is 6.92 Å². The smallest absolute Gasteiger partial charge is 0.320 e. The number of benzene rings is 1. The zero-order valence-electron chi connectivity index (χ0n) is 18.7. The Labute approximate surface area is 201 Å². The second-order valence-corrected chi connectivity index (χ2v) is 8.40. The van der Waals surface area contributed by atoms with Gasteiger partial charge in [0, 0.05) is 16.3 Å². The highest BCUT2D eigenvalue weighted by molar-refractivity contribution is 6.30. The van der Waals surface area contributed by atoms with Crippen LogP contribution in [0.5, 0.6) is 5.88 Å². The summed E-state index contributed by atoms with van der Waals surface area (Å²) in [5.41, 5.74) is 1.88. The van der Waals surface area contributed by atoms with E-state index in [-0.39, 0.29) is 29.9 Å². The zero-order chi connectivity index (χ0) is 24.1. The van der Waals surface area contributed by atoms with Crippen LogP contribution in [0.25, 0.3) is 0 Å². The lowest BCUT2D eigenvalue weighted by molar-refractivity contribution is -0.147. The van der Waals surface area contributed by atoms with Crippen molar-refractivity contribution in [3.8, 4) is 5.88 Å². The largest absolute Gasteiger partial charge is 0.474 e. The molecule has 2 aromatic heterocycles. The van der Waals surface area contributed by atoms with Crippen molar-refractivity contribution in [1.29, 1.82) is 0 Å². The highest BCUT2D eigenvalue weighted by Crippen LogP contribution is 2.29. The van der Waals surface area contributed by atoms with Crippen molar-refractivity contribution in [2.75, 3.05) is 17.7 Å². The van der Waals surface area contributed by atoms with E-state index in [1.165, 1.54) is 13.3 Å². The van der Waals surface area contributed by atoms with E-state index in [0.717, 1.165) is 31.2 Å². The number of nitrogens with one attached hydrogen (secondary N) is 2. The number of nitrogens with zero attached hydrogens (tertiary/aromatic N) is 3. The van der Waals surface area contributed by atoms with Crippen molar-refractivity contribution >= 4 is 40.9 Å². The maximum Gasteiger partial charge on any atom is 0.320 e. The predicted molar refractivity (Wildman–Crippen MR) is 124 cm³/mol. The maximum atomic E-state index is 12.5. The van der Waals surface area contributed by atoms with Gasteiger partial charge in [-0.25, -0.2) is 4.98 Å².